The molecule has 1 heterocycles. The van der Waals surface area contributed by atoms with Crippen molar-refractivity contribution in [1.29, 1.82) is 0 Å². The monoisotopic (exact) mass is 440 g/mol. The molecule has 0 bridgehead atoms. The minimum atomic E-state index is -0.435. The number of aliphatic hydroxyl groups excluding tert-OH is 1. The normalized spacial score (nSPS) is 15.9. The van der Waals surface area contributed by atoms with Crippen LogP contribution in [-0.4, -0.2) is 53.4 Å². The van der Waals surface area contributed by atoms with E-state index in [1.165, 1.54) is 7.11 Å². The zero-order valence-corrected chi connectivity index (χ0v) is 17.9. The molecule has 8 heteroatoms. The van der Waals surface area contributed by atoms with Gasteiger partial charge in [0, 0.05) is 18.5 Å². The van der Waals surface area contributed by atoms with Crippen LogP contribution >= 0.6 is 11.8 Å². The molecule has 7 nitrogen and oxygen atoms in total. The summed E-state index contributed by atoms with van der Waals surface area (Å²) in [5.41, 5.74) is 1.69. The summed E-state index contributed by atoms with van der Waals surface area (Å²) in [4.78, 5) is 38.6. The number of hydrogen-bond acceptors (Lipinski definition) is 6. The van der Waals surface area contributed by atoms with Gasteiger partial charge in [-0.3, -0.25) is 19.3 Å². The van der Waals surface area contributed by atoms with Crippen LogP contribution in [-0.2, 0) is 16.0 Å². The lowest BCUT2D eigenvalue weighted by molar-refractivity contribution is -0.124. The van der Waals surface area contributed by atoms with Crippen LogP contribution in [0.1, 0.15) is 17.5 Å². The summed E-state index contributed by atoms with van der Waals surface area (Å²) in [5, 5.41) is 11.9. The van der Waals surface area contributed by atoms with E-state index in [4.69, 9.17) is 4.74 Å². The van der Waals surface area contributed by atoms with E-state index in [2.05, 4.69) is 5.32 Å². The van der Waals surface area contributed by atoms with Gasteiger partial charge in [-0.25, -0.2) is 0 Å². The zero-order chi connectivity index (χ0) is 22.2. The Labute approximate surface area is 185 Å². The Kier molecular flexibility index (Phi) is 7.86. The van der Waals surface area contributed by atoms with Crippen molar-refractivity contribution in [3.05, 3.63) is 70.6 Å². The van der Waals surface area contributed by atoms with Gasteiger partial charge in [-0.2, -0.15) is 0 Å². The van der Waals surface area contributed by atoms with E-state index in [0.717, 1.165) is 22.2 Å². The molecule has 1 saturated heterocycles. The maximum atomic E-state index is 12.7. The van der Waals surface area contributed by atoms with Crippen LogP contribution in [0.2, 0.25) is 0 Å². The molecule has 2 aromatic rings. The van der Waals surface area contributed by atoms with Crippen molar-refractivity contribution in [3.63, 3.8) is 0 Å². The van der Waals surface area contributed by atoms with Crippen molar-refractivity contribution in [2.75, 3.05) is 20.3 Å². The summed E-state index contributed by atoms with van der Waals surface area (Å²) in [7, 11) is 1.54. The minimum Gasteiger partial charge on any atom is -0.496 e. The molecule has 1 fully saturated rings. The van der Waals surface area contributed by atoms with Crippen LogP contribution in [0.5, 0.6) is 5.75 Å². The predicted molar refractivity (Wildman–Crippen MR) is 119 cm³/mol. The second-order valence-electron chi connectivity index (χ2n) is 6.96. The van der Waals surface area contributed by atoms with Gasteiger partial charge in [-0.1, -0.05) is 48.5 Å². The van der Waals surface area contributed by atoms with Crippen molar-refractivity contribution in [2.24, 2.45) is 0 Å². The van der Waals surface area contributed by atoms with Gasteiger partial charge in [-0.15, -0.1) is 0 Å². The van der Waals surface area contributed by atoms with E-state index in [0.29, 0.717) is 17.7 Å². The van der Waals surface area contributed by atoms with E-state index >= 15 is 0 Å². The van der Waals surface area contributed by atoms with Gasteiger partial charge in [0.25, 0.3) is 11.1 Å². The van der Waals surface area contributed by atoms with Gasteiger partial charge in [-0.05, 0) is 35.9 Å². The number of ether oxygens (including phenoxy) is 1. The van der Waals surface area contributed by atoms with E-state index in [-0.39, 0.29) is 30.4 Å². The number of benzene rings is 2. The van der Waals surface area contributed by atoms with Crippen molar-refractivity contribution < 1.29 is 24.2 Å². The van der Waals surface area contributed by atoms with Crippen LogP contribution in [0.3, 0.4) is 0 Å². The lowest BCUT2D eigenvalue weighted by atomic mass is 10.1. The molecule has 1 aliphatic rings. The third kappa shape index (κ3) is 5.96. The number of aliphatic hydroxyl groups is 1. The fourth-order valence-electron chi connectivity index (χ4n) is 3.19. The molecule has 0 radical (unpaired) electrons. The molecule has 1 aliphatic heterocycles. The Morgan fingerprint density at radius 1 is 1.16 bits per heavy atom. The van der Waals surface area contributed by atoms with Crippen LogP contribution in [0, 0.1) is 0 Å². The molecule has 2 N–H and O–H groups in total. The molecule has 0 spiro atoms. The number of carbonyl (C=O) groups is 3. The maximum absolute atomic E-state index is 12.7. The van der Waals surface area contributed by atoms with E-state index < -0.39 is 17.2 Å². The number of hydrogen-bond donors (Lipinski definition) is 2. The number of imide groups is 1. The van der Waals surface area contributed by atoms with Gasteiger partial charge < -0.3 is 15.2 Å². The first kappa shape index (κ1) is 22.6. The third-order valence-electron chi connectivity index (χ3n) is 4.77. The number of carbonyl (C=O) groups excluding carboxylic acids is 3. The van der Waals surface area contributed by atoms with Crippen molar-refractivity contribution in [1.82, 2.24) is 10.2 Å². The van der Waals surface area contributed by atoms with Gasteiger partial charge in [0.1, 0.15) is 5.75 Å². The molecule has 0 unspecified atom stereocenters. The van der Waals surface area contributed by atoms with Gasteiger partial charge in [0.2, 0.25) is 5.91 Å². The van der Waals surface area contributed by atoms with Crippen LogP contribution in [0.15, 0.2) is 59.5 Å². The summed E-state index contributed by atoms with van der Waals surface area (Å²) < 4.78 is 5.28. The SMILES string of the molecule is COc1ccccc1C=C1SC(=O)N(CCC(=O)N[C@@H](CO)Cc2ccccc2)C1=O. The molecular formula is C23H24N2O5S. The Balaban J connectivity index is 1.57. The molecule has 0 aromatic heterocycles. The highest BCUT2D eigenvalue weighted by Crippen LogP contribution is 2.33. The first-order chi connectivity index (χ1) is 15.0. The topological polar surface area (TPSA) is 95.9 Å². The van der Waals surface area contributed by atoms with Crippen LogP contribution < -0.4 is 10.1 Å². The fraction of sp³-hybridized carbons (Fsp3) is 0.261. The summed E-state index contributed by atoms with van der Waals surface area (Å²) in [6.07, 6.45) is 2.07. The van der Waals surface area contributed by atoms with Gasteiger partial charge in [0.05, 0.1) is 24.7 Å². The van der Waals surface area contributed by atoms with Crippen molar-refractivity contribution in [3.8, 4) is 5.75 Å². The largest absolute Gasteiger partial charge is 0.496 e. The Bertz CT molecular complexity index is 977. The van der Waals surface area contributed by atoms with Crippen molar-refractivity contribution >= 4 is 34.9 Å². The lowest BCUT2D eigenvalue weighted by Crippen LogP contribution is -2.41. The average molecular weight is 441 g/mol. The van der Waals surface area contributed by atoms with Gasteiger partial charge >= 0.3 is 0 Å². The molecule has 0 saturated carbocycles. The second kappa shape index (κ2) is 10.8. The van der Waals surface area contributed by atoms with Crippen LogP contribution in [0.4, 0.5) is 4.79 Å². The highest BCUT2D eigenvalue weighted by Gasteiger charge is 2.35. The first-order valence-electron chi connectivity index (χ1n) is 9.84. The molecule has 3 amide bonds. The molecule has 1 atom stereocenters. The molecular weight excluding hydrogens is 416 g/mol. The summed E-state index contributed by atoms with van der Waals surface area (Å²) in [6.45, 7) is -0.229. The van der Waals surface area contributed by atoms with Gasteiger partial charge in [0.15, 0.2) is 0 Å². The molecule has 3 rings (SSSR count). The number of para-hydroxylation sites is 1. The zero-order valence-electron chi connectivity index (χ0n) is 17.1. The van der Waals surface area contributed by atoms with E-state index in [1.54, 1.807) is 18.2 Å². The quantitative estimate of drug-likeness (QED) is 0.582. The first-order valence-corrected chi connectivity index (χ1v) is 10.7. The number of nitrogens with zero attached hydrogens (tertiary/aromatic N) is 1. The van der Waals surface area contributed by atoms with Crippen molar-refractivity contribution in [2.45, 2.75) is 18.9 Å². The summed E-state index contributed by atoms with van der Waals surface area (Å²) in [5.74, 6) is -0.165. The third-order valence-corrected chi connectivity index (χ3v) is 5.68. The Morgan fingerprint density at radius 3 is 2.58 bits per heavy atom. The predicted octanol–water partition coefficient (Wildman–Crippen LogP) is 2.84. The number of thioether (sulfide) groups is 1. The highest BCUT2D eigenvalue weighted by atomic mass is 32.2. The second-order valence-corrected chi connectivity index (χ2v) is 7.96. The lowest BCUT2D eigenvalue weighted by Gasteiger charge is -2.18. The standard InChI is InChI=1S/C23H24N2O5S/c1-30-19-10-6-5-9-17(19)14-20-22(28)25(23(29)31-20)12-11-21(27)24-18(15-26)13-16-7-3-2-4-8-16/h2-10,14,18,26H,11-13,15H2,1H3,(H,24,27)/t18-/m1/s1. The Hall–Kier alpha value is -3.10. The maximum Gasteiger partial charge on any atom is 0.293 e. The molecule has 0 aliphatic carbocycles. The summed E-state index contributed by atoms with van der Waals surface area (Å²) >= 11 is 0.839. The number of rotatable bonds is 9. The number of nitrogens with one attached hydrogen (secondary N) is 1. The number of methoxy groups -OCH3 is 1. The Morgan fingerprint density at radius 2 is 1.87 bits per heavy atom. The molecule has 162 valence electrons. The minimum absolute atomic E-state index is 0.0246. The number of amides is 3. The van der Waals surface area contributed by atoms with E-state index in [1.807, 2.05) is 42.5 Å². The average Bonchev–Trinajstić information content (AvgIpc) is 3.05. The molecule has 31 heavy (non-hydrogen) atoms. The summed E-state index contributed by atoms with van der Waals surface area (Å²) in [6, 6.07) is 16.3. The fourth-order valence-corrected chi connectivity index (χ4v) is 4.05. The van der Waals surface area contributed by atoms with Crippen LogP contribution in [0.25, 0.3) is 6.08 Å². The van der Waals surface area contributed by atoms with E-state index in [9.17, 15) is 19.5 Å². The highest BCUT2D eigenvalue weighted by molar-refractivity contribution is 8.18. The smallest absolute Gasteiger partial charge is 0.293 e. The molecule has 2 aromatic carbocycles.